The van der Waals surface area contributed by atoms with Gasteiger partial charge in [-0.05, 0) is 48.5 Å². The van der Waals surface area contributed by atoms with Gasteiger partial charge in [0.2, 0.25) is 5.95 Å². The summed E-state index contributed by atoms with van der Waals surface area (Å²) in [6.07, 6.45) is 5.75. The zero-order chi connectivity index (χ0) is 17.2. The average Bonchev–Trinajstić information content (AvgIpc) is 3.07. The van der Waals surface area contributed by atoms with E-state index in [0.29, 0.717) is 5.95 Å². The highest BCUT2D eigenvalue weighted by Gasteiger charge is 2.06. The molecule has 0 radical (unpaired) electrons. The molecule has 6 heteroatoms. The average molecular weight is 395 g/mol. The molecular formula is C19H15BrN4O. The van der Waals surface area contributed by atoms with Crippen LogP contribution in [0.5, 0.6) is 5.75 Å². The van der Waals surface area contributed by atoms with Gasteiger partial charge in [0, 0.05) is 39.5 Å². The van der Waals surface area contributed by atoms with E-state index in [-0.39, 0.29) is 0 Å². The van der Waals surface area contributed by atoms with E-state index in [1.165, 1.54) is 0 Å². The highest BCUT2D eigenvalue weighted by molar-refractivity contribution is 9.10. The summed E-state index contributed by atoms with van der Waals surface area (Å²) in [6, 6.07) is 15.7. The highest BCUT2D eigenvalue weighted by Crippen LogP contribution is 2.23. The molecule has 0 spiro atoms. The molecule has 0 saturated heterocycles. The molecular weight excluding hydrogens is 380 g/mol. The van der Waals surface area contributed by atoms with Crippen LogP contribution in [0.1, 0.15) is 0 Å². The van der Waals surface area contributed by atoms with Gasteiger partial charge in [0.25, 0.3) is 0 Å². The topological polar surface area (TPSA) is 52.0 Å². The van der Waals surface area contributed by atoms with E-state index in [0.717, 1.165) is 32.5 Å². The van der Waals surface area contributed by atoms with Gasteiger partial charge in [-0.3, -0.25) is 4.57 Å². The predicted molar refractivity (Wildman–Crippen MR) is 103 cm³/mol. The fourth-order valence-corrected chi connectivity index (χ4v) is 2.85. The van der Waals surface area contributed by atoms with Crippen LogP contribution < -0.4 is 10.1 Å². The van der Waals surface area contributed by atoms with Crippen molar-refractivity contribution in [3.8, 4) is 11.7 Å². The molecule has 2 heterocycles. The molecule has 2 aromatic carbocycles. The summed E-state index contributed by atoms with van der Waals surface area (Å²) in [5, 5.41) is 5.47. The number of anilines is 2. The molecule has 4 rings (SSSR count). The summed E-state index contributed by atoms with van der Waals surface area (Å²) in [7, 11) is 1.67. The Morgan fingerprint density at radius 3 is 2.60 bits per heavy atom. The van der Waals surface area contributed by atoms with Gasteiger partial charge in [-0.1, -0.05) is 15.9 Å². The van der Waals surface area contributed by atoms with Crippen LogP contribution in [-0.4, -0.2) is 21.6 Å². The lowest BCUT2D eigenvalue weighted by atomic mass is 10.2. The molecule has 0 atom stereocenters. The molecule has 0 amide bonds. The van der Waals surface area contributed by atoms with Gasteiger partial charge < -0.3 is 10.1 Å². The monoisotopic (exact) mass is 394 g/mol. The standard InChI is InChI=1S/C19H15BrN4O/c1-25-17-7-2-13-11-24(12-14(13)10-17)19-21-9-8-18(23-19)22-16-5-3-15(20)4-6-16/h2-12H,1H3,(H,21,22,23). The number of rotatable bonds is 4. The van der Waals surface area contributed by atoms with Crippen LogP contribution in [0.4, 0.5) is 11.5 Å². The normalized spacial score (nSPS) is 10.8. The van der Waals surface area contributed by atoms with E-state index < -0.39 is 0 Å². The predicted octanol–water partition coefficient (Wildman–Crippen LogP) is 4.94. The highest BCUT2D eigenvalue weighted by atomic mass is 79.9. The van der Waals surface area contributed by atoms with E-state index in [1.54, 1.807) is 13.3 Å². The number of nitrogens with one attached hydrogen (secondary N) is 1. The number of ether oxygens (including phenoxy) is 1. The Hall–Kier alpha value is -2.86. The van der Waals surface area contributed by atoms with E-state index in [2.05, 4.69) is 31.2 Å². The van der Waals surface area contributed by atoms with Crippen molar-refractivity contribution in [2.75, 3.05) is 12.4 Å². The van der Waals surface area contributed by atoms with Crippen molar-refractivity contribution in [1.29, 1.82) is 0 Å². The van der Waals surface area contributed by atoms with Crippen LogP contribution in [0.15, 0.2) is 71.6 Å². The number of nitrogens with zero attached hydrogens (tertiary/aromatic N) is 3. The number of aromatic nitrogens is 3. The first-order chi connectivity index (χ1) is 12.2. The molecule has 2 aromatic heterocycles. The maximum absolute atomic E-state index is 5.28. The van der Waals surface area contributed by atoms with Crippen molar-refractivity contribution in [1.82, 2.24) is 14.5 Å². The van der Waals surface area contributed by atoms with Crippen LogP contribution in [0.3, 0.4) is 0 Å². The van der Waals surface area contributed by atoms with Crippen LogP contribution >= 0.6 is 15.9 Å². The molecule has 5 nitrogen and oxygen atoms in total. The van der Waals surface area contributed by atoms with Gasteiger partial charge in [0.05, 0.1) is 7.11 Å². The Balaban J connectivity index is 1.65. The van der Waals surface area contributed by atoms with Gasteiger partial charge >= 0.3 is 0 Å². The molecule has 0 saturated carbocycles. The maximum atomic E-state index is 5.28. The van der Waals surface area contributed by atoms with E-state index in [9.17, 15) is 0 Å². The fourth-order valence-electron chi connectivity index (χ4n) is 2.59. The van der Waals surface area contributed by atoms with Crippen molar-refractivity contribution in [2.45, 2.75) is 0 Å². The Morgan fingerprint density at radius 1 is 1.00 bits per heavy atom. The first-order valence-electron chi connectivity index (χ1n) is 7.73. The Bertz CT molecular complexity index is 1030. The van der Waals surface area contributed by atoms with Crippen LogP contribution in [0.25, 0.3) is 16.7 Å². The van der Waals surface area contributed by atoms with Crippen molar-refractivity contribution < 1.29 is 4.74 Å². The number of hydrogen-bond acceptors (Lipinski definition) is 4. The van der Waals surface area contributed by atoms with E-state index >= 15 is 0 Å². The van der Waals surface area contributed by atoms with Gasteiger partial charge in [-0.2, -0.15) is 4.98 Å². The third-order valence-electron chi connectivity index (χ3n) is 3.84. The van der Waals surface area contributed by atoms with Crippen molar-refractivity contribution in [3.05, 3.63) is 71.6 Å². The minimum Gasteiger partial charge on any atom is -0.497 e. The molecule has 0 aliphatic carbocycles. The SMILES string of the molecule is COc1ccc2cn(-c3nccc(Nc4ccc(Br)cc4)n3)cc2c1. The zero-order valence-electron chi connectivity index (χ0n) is 13.5. The summed E-state index contributed by atoms with van der Waals surface area (Å²) in [5.41, 5.74) is 0.968. The summed E-state index contributed by atoms with van der Waals surface area (Å²) < 4.78 is 8.23. The Labute approximate surface area is 153 Å². The van der Waals surface area contributed by atoms with Gasteiger partial charge in [-0.25, -0.2) is 4.98 Å². The summed E-state index contributed by atoms with van der Waals surface area (Å²) in [6.45, 7) is 0. The molecule has 0 aliphatic rings. The van der Waals surface area contributed by atoms with E-state index in [4.69, 9.17) is 4.74 Å². The lowest BCUT2D eigenvalue weighted by molar-refractivity contribution is 0.415. The Morgan fingerprint density at radius 2 is 1.80 bits per heavy atom. The van der Waals surface area contributed by atoms with Gasteiger partial charge in [0.1, 0.15) is 11.6 Å². The minimum absolute atomic E-state index is 0.609. The second kappa shape index (κ2) is 6.57. The molecule has 0 aliphatic heterocycles. The fraction of sp³-hybridized carbons (Fsp3) is 0.0526. The number of benzene rings is 2. The lowest BCUT2D eigenvalue weighted by Gasteiger charge is -2.07. The van der Waals surface area contributed by atoms with Gasteiger partial charge in [-0.15, -0.1) is 0 Å². The van der Waals surface area contributed by atoms with Crippen molar-refractivity contribution >= 4 is 38.2 Å². The van der Waals surface area contributed by atoms with Crippen LogP contribution in [-0.2, 0) is 0 Å². The third kappa shape index (κ3) is 3.34. The number of methoxy groups -OCH3 is 1. The number of hydrogen-bond donors (Lipinski definition) is 1. The number of halogens is 1. The first-order valence-corrected chi connectivity index (χ1v) is 8.52. The largest absolute Gasteiger partial charge is 0.497 e. The summed E-state index contributed by atoms with van der Waals surface area (Å²) >= 11 is 3.43. The molecule has 124 valence electrons. The first kappa shape index (κ1) is 15.7. The van der Waals surface area contributed by atoms with Crippen molar-refractivity contribution in [3.63, 3.8) is 0 Å². The maximum Gasteiger partial charge on any atom is 0.235 e. The summed E-state index contributed by atoms with van der Waals surface area (Å²) in [4.78, 5) is 8.97. The minimum atomic E-state index is 0.609. The molecule has 4 aromatic rings. The molecule has 0 fully saturated rings. The molecule has 0 bridgehead atoms. The van der Waals surface area contributed by atoms with Crippen LogP contribution in [0.2, 0.25) is 0 Å². The second-order valence-corrected chi connectivity index (χ2v) is 6.45. The smallest absolute Gasteiger partial charge is 0.235 e. The summed E-state index contributed by atoms with van der Waals surface area (Å²) in [5.74, 6) is 2.18. The quantitative estimate of drug-likeness (QED) is 0.532. The zero-order valence-corrected chi connectivity index (χ0v) is 15.1. The molecule has 0 unspecified atom stereocenters. The number of fused-ring (bicyclic) bond motifs is 1. The molecule has 25 heavy (non-hydrogen) atoms. The third-order valence-corrected chi connectivity index (χ3v) is 4.37. The van der Waals surface area contributed by atoms with Crippen LogP contribution in [0, 0.1) is 0 Å². The molecule has 1 N–H and O–H groups in total. The lowest BCUT2D eigenvalue weighted by Crippen LogP contribution is -2.01. The second-order valence-electron chi connectivity index (χ2n) is 5.53. The van der Waals surface area contributed by atoms with Gasteiger partial charge in [0.15, 0.2) is 0 Å². The van der Waals surface area contributed by atoms with E-state index in [1.807, 2.05) is 65.5 Å². The van der Waals surface area contributed by atoms with Crippen molar-refractivity contribution in [2.24, 2.45) is 0 Å². The Kier molecular flexibility index (Phi) is 4.11.